The summed E-state index contributed by atoms with van der Waals surface area (Å²) in [5.74, 6) is -0.459. The molecule has 1 amide bonds. The van der Waals surface area contributed by atoms with Crippen LogP contribution < -0.4 is 24.4 Å². The Kier molecular flexibility index (Phi) is 6.38. The van der Waals surface area contributed by atoms with Crippen LogP contribution in [0, 0.1) is 12.7 Å². The SMILES string of the molecule is Cc1ccnc(C(C)C)c1-n1c(=O)c2c(c3cc(F)[c]([Sn]([CH3])([CH3])[CH3])nc31)N1C[C@@H](C)NC[C@@H]1C(=O)N2C. The summed E-state index contributed by atoms with van der Waals surface area (Å²) in [6.07, 6.45) is 1.74. The molecule has 8 nitrogen and oxygen atoms in total. The van der Waals surface area contributed by atoms with E-state index in [1.54, 1.807) is 23.9 Å². The van der Waals surface area contributed by atoms with Gasteiger partial charge in [0.05, 0.1) is 0 Å². The maximum atomic E-state index is 15.8. The summed E-state index contributed by atoms with van der Waals surface area (Å²) in [7, 11) is 1.64. The molecule has 3 aromatic heterocycles. The second-order valence-electron chi connectivity index (χ2n) is 11.7. The number of nitrogens with zero attached hydrogens (tertiary/aromatic N) is 5. The summed E-state index contributed by atoms with van der Waals surface area (Å²) in [6.45, 7) is 9.03. The van der Waals surface area contributed by atoms with Gasteiger partial charge in [0.2, 0.25) is 0 Å². The zero-order valence-electron chi connectivity index (χ0n) is 22.8. The number of halogens is 1. The number of aromatic nitrogens is 3. The molecule has 0 unspecified atom stereocenters. The van der Waals surface area contributed by atoms with Crippen LogP contribution in [0.2, 0.25) is 14.8 Å². The van der Waals surface area contributed by atoms with Crippen molar-refractivity contribution in [3.05, 3.63) is 45.8 Å². The van der Waals surface area contributed by atoms with E-state index in [4.69, 9.17) is 4.98 Å². The van der Waals surface area contributed by atoms with Crippen LogP contribution >= 0.6 is 0 Å². The van der Waals surface area contributed by atoms with Gasteiger partial charge in [0.25, 0.3) is 0 Å². The summed E-state index contributed by atoms with van der Waals surface area (Å²) in [5, 5.41) is 3.91. The minimum absolute atomic E-state index is 0.0346. The molecule has 0 spiro atoms. The molecule has 5 heterocycles. The Bertz CT molecular complexity index is 1500. The van der Waals surface area contributed by atoms with Crippen molar-refractivity contribution in [2.75, 3.05) is 29.9 Å². The number of hydrogen-bond acceptors (Lipinski definition) is 6. The van der Waals surface area contributed by atoms with Gasteiger partial charge >= 0.3 is 221 Å². The van der Waals surface area contributed by atoms with Gasteiger partial charge in [-0.25, -0.2) is 0 Å². The van der Waals surface area contributed by atoms with Crippen LogP contribution in [0.5, 0.6) is 0 Å². The number of amides is 1. The Morgan fingerprint density at radius 1 is 1.16 bits per heavy atom. The molecule has 1 N–H and O–H groups in total. The predicted molar refractivity (Wildman–Crippen MR) is 149 cm³/mol. The molecule has 0 bridgehead atoms. The number of likely N-dealkylation sites (N-methyl/N-ethyl adjacent to an activating group) is 1. The van der Waals surface area contributed by atoms with Gasteiger partial charge in [-0.1, -0.05) is 0 Å². The first-order valence-electron chi connectivity index (χ1n) is 12.9. The minimum atomic E-state index is -3.02. The molecular formula is C27H35FN6O2Sn. The third-order valence-corrected chi connectivity index (χ3v) is 12.5. The van der Waals surface area contributed by atoms with E-state index < -0.39 is 24.4 Å². The van der Waals surface area contributed by atoms with E-state index in [9.17, 15) is 9.59 Å². The van der Waals surface area contributed by atoms with E-state index in [-0.39, 0.29) is 34.9 Å². The van der Waals surface area contributed by atoms with E-state index in [0.717, 1.165) is 11.3 Å². The maximum absolute atomic E-state index is 15.8. The fraction of sp³-hybridized carbons (Fsp3) is 0.481. The number of carbonyl (C=O) groups is 1. The second kappa shape index (κ2) is 9.04. The van der Waals surface area contributed by atoms with Crippen molar-refractivity contribution in [1.29, 1.82) is 0 Å². The number of fused-ring (bicyclic) bond motifs is 5. The van der Waals surface area contributed by atoms with Crippen LogP contribution in [0.15, 0.2) is 23.1 Å². The van der Waals surface area contributed by atoms with Gasteiger partial charge < -0.3 is 0 Å². The van der Waals surface area contributed by atoms with Gasteiger partial charge in [0.1, 0.15) is 0 Å². The van der Waals surface area contributed by atoms with E-state index in [0.29, 0.717) is 39.2 Å². The molecule has 2 atom stereocenters. The Labute approximate surface area is 220 Å². The fourth-order valence-corrected chi connectivity index (χ4v) is 9.09. The van der Waals surface area contributed by atoms with Crippen molar-refractivity contribution in [1.82, 2.24) is 19.9 Å². The van der Waals surface area contributed by atoms with Gasteiger partial charge in [0.15, 0.2) is 0 Å². The summed E-state index contributed by atoms with van der Waals surface area (Å²) >= 11 is -3.02. The van der Waals surface area contributed by atoms with Gasteiger partial charge in [-0.2, -0.15) is 0 Å². The van der Waals surface area contributed by atoms with E-state index in [1.807, 2.05) is 38.7 Å². The molecule has 0 aliphatic carbocycles. The second-order valence-corrected chi connectivity index (χ2v) is 25.9. The molecule has 2 aliphatic rings. The molecule has 196 valence electrons. The number of anilines is 2. The topological polar surface area (TPSA) is 83.4 Å². The van der Waals surface area contributed by atoms with Gasteiger partial charge in [-0.15, -0.1) is 0 Å². The van der Waals surface area contributed by atoms with Gasteiger partial charge in [-0.3, -0.25) is 0 Å². The van der Waals surface area contributed by atoms with Crippen LogP contribution in [0.1, 0.15) is 37.9 Å². The quantitative estimate of drug-likeness (QED) is 0.458. The van der Waals surface area contributed by atoms with Crippen molar-refractivity contribution in [3.8, 4) is 5.69 Å². The standard InChI is InChI=1S/C24H26FN6O2.3CH3.Sn/c1-12(2)18-19(13(3)6-7-26-18)31-22-16(8-15(25)9-28-22)20-21(24(31)33)29(5)23(32)17-10-27-14(4)11-30(17)20;;;;/h6-8,12,14,17,27H,10-11H2,1-5H3;3*1H3;/t14-,17-;;;;/m1..../s1. The number of pyridine rings is 3. The average Bonchev–Trinajstić information content (AvgIpc) is 2.81. The van der Waals surface area contributed by atoms with Gasteiger partial charge in [0, 0.05) is 0 Å². The molecule has 0 radical (unpaired) electrons. The number of aryl methyl sites for hydroxylation is 1. The first-order valence-corrected chi connectivity index (χ1v) is 22.8. The van der Waals surface area contributed by atoms with Crippen LogP contribution in [0.4, 0.5) is 15.8 Å². The van der Waals surface area contributed by atoms with Crippen molar-refractivity contribution in [2.45, 2.75) is 60.5 Å². The predicted octanol–water partition coefficient (Wildman–Crippen LogP) is 3.04. The average molecular weight is 613 g/mol. The summed E-state index contributed by atoms with van der Waals surface area (Å²) in [4.78, 5) is 47.3. The molecule has 1 saturated heterocycles. The summed E-state index contributed by atoms with van der Waals surface area (Å²) < 4.78 is 17.8. The Hall–Kier alpha value is -2.53. The number of carbonyl (C=O) groups excluding carboxylic acids is 1. The Morgan fingerprint density at radius 2 is 1.86 bits per heavy atom. The van der Waals surface area contributed by atoms with E-state index in [1.165, 1.54) is 4.90 Å². The first-order chi connectivity index (χ1) is 17.3. The Balaban J connectivity index is 2.00. The normalized spacial score (nSPS) is 20.0. The molecule has 2 aliphatic heterocycles. The van der Waals surface area contributed by atoms with E-state index in [2.05, 4.69) is 25.1 Å². The molecule has 0 aromatic carbocycles. The third kappa shape index (κ3) is 4.05. The fourth-order valence-electron chi connectivity index (χ4n) is 5.58. The molecule has 1 fully saturated rings. The molecular weight excluding hydrogens is 578 g/mol. The number of rotatable bonds is 3. The van der Waals surface area contributed by atoms with E-state index >= 15 is 4.39 Å². The molecule has 37 heavy (non-hydrogen) atoms. The van der Waals surface area contributed by atoms with Crippen LogP contribution in [-0.2, 0) is 4.79 Å². The molecule has 5 rings (SSSR count). The molecule has 10 heteroatoms. The van der Waals surface area contributed by atoms with Crippen molar-refractivity contribution in [2.24, 2.45) is 0 Å². The zero-order chi connectivity index (χ0) is 27.0. The van der Waals surface area contributed by atoms with Crippen LogP contribution in [0.3, 0.4) is 0 Å². The number of piperazine rings is 1. The van der Waals surface area contributed by atoms with Crippen molar-refractivity contribution < 1.29 is 9.18 Å². The monoisotopic (exact) mass is 614 g/mol. The van der Waals surface area contributed by atoms with Crippen LogP contribution in [-0.4, -0.2) is 71.0 Å². The first kappa shape index (κ1) is 26.1. The molecule has 0 saturated carbocycles. The van der Waals surface area contributed by atoms with Gasteiger partial charge in [-0.05, 0) is 0 Å². The Morgan fingerprint density at radius 3 is 2.51 bits per heavy atom. The third-order valence-electron chi connectivity index (χ3n) is 7.43. The summed E-state index contributed by atoms with van der Waals surface area (Å²) in [6, 6.07) is 3.05. The van der Waals surface area contributed by atoms with Crippen molar-refractivity contribution in [3.63, 3.8) is 0 Å². The summed E-state index contributed by atoms with van der Waals surface area (Å²) in [5.41, 5.74) is 3.22. The van der Waals surface area contributed by atoms with Crippen LogP contribution in [0.25, 0.3) is 16.7 Å². The number of nitrogens with one attached hydrogen (secondary N) is 1. The molecule has 3 aromatic rings. The van der Waals surface area contributed by atoms with Crippen molar-refractivity contribution >= 4 is 50.4 Å². The zero-order valence-corrected chi connectivity index (χ0v) is 25.7. The number of hydrogen-bond donors (Lipinski definition) is 1.